The molecule has 0 saturated carbocycles. The highest BCUT2D eigenvalue weighted by molar-refractivity contribution is 5.26. The first-order valence-electron chi connectivity index (χ1n) is 7.37. The number of rotatable bonds is 7. The Labute approximate surface area is 115 Å². The molecule has 0 N–H and O–H groups in total. The first-order valence-corrected chi connectivity index (χ1v) is 7.37. The third kappa shape index (κ3) is 6.28. The standard InChI is InChI=1S/C17H33N/c1-9-15(6)17(14(4)5)10-11-18(8)12-16(7)13(2)3/h10-11,13-14,16H,9,12H2,1-8H3/b11-10-,17-15+. The zero-order valence-corrected chi connectivity index (χ0v) is 13.7. The number of nitrogens with zero attached hydrogens (tertiary/aromatic N) is 1. The van der Waals surface area contributed by atoms with Crippen LogP contribution in [0.4, 0.5) is 0 Å². The van der Waals surface area contributed by atoms with Crippen molar-refractivity contribution in [3.8, 4) is 0 Å². The van der Waals surface area contributed by atoms with Gasteiger partial charge in [-0.1, -0.05) is 47.1 Å². The zero-order chi connectivity index (χ0) is 14.3. The van der Waals surface area contributed by atoms with Crippen molar-refractivity contribution >= 4 is 0 Å². The van der Waals surface area contributed by atoms with Gasteiger partial charge in [-0.05, 0) is 48.9 Å². The fourth-order valence-corrected chi connectivity index (χ4v) is 1.97. The van der Waals surface area contributed by atoms with Gasteiger partial charge in [0.25, 0.3) is 0 Å². The average Bonchev–Trinajstić information content (AvgIpc) is 2.27. The van der Waals surface area contributed by atoms with Crippen LogP contribution in [0, 0.1) is 17.8 Å². The van der Waals surface area contributed by atoms with E-state index in [4.69, 9.17) is 0 Å². The van der Waals surface area contributed by atoms with Crippen molar-refractivity contribution in [2.45, 2.75) is 54.9 Å². The van der Waals surface area contributed by atoms with Crippen LogP contribution in [0.2, 0.25) is 0 Å². The molecule has 1 nitrogen and oxygen atoms in total. The lowest BCUT2D eigenvalue weighted by atomic mass is 9.96. The highest BCUT2D eigenvalue weighted by atomic mass is 15.1. The summed E-state index contributed by atoms with van der Waals surface area (Å²) in [5.41, 5.74) is 2.99. The average molecular weight is 251 g/mol. The van der Waals surface area contributed by atoms with Crippen LogP contribution in [-0.2, 0) is 0 Å². The Bertz CT molecular complexity index is 284. The molecule has 0 radical (unpaired) electrons. The molecule has 0 aromatic heterocycles. The van der Waals surface area contributed by atoms with Gasteiger partial charge in [0.1, 0.15) is 0 Å². The van der Waals surface area contributed by atoms with Gasteiger partial charge in [0.15, 0.2) is 0 Å². The molecule has 0 fully saturated rings. The number of hydrogen-bond acceptors (Lipinski definition) is 1. The Morgan fingerprint density at radius 3 is 2.06 bits per heavy atom. The Balaban J connectivity index is 4.61. The molecule has 1 unspecified atom stereocenters. The van der Waals surface area contributed by atoms with Crippen molar-refractivity contribution in [3.63, 3.8) is 0 Å². The molecule has 0 aromatic rings. The lowest BCUT2D eigenvalue weighted by Crippen LogP contribution is -2.22. The summed E-state index contributed by atoms with van der Waals surface area (Å²) in [6.07, 6.45) is 5.69. The second-order valence-corrected chi connectivity index (χ2v) is 6.22. The summed E-state index contributed by atoms with van der Waals surface area (Å²) in [6, 6.07) is 0. The highest BCUT2D eigenvalue weighted by Crippen LogP contribution is 2.19. The van der Waals surface area contributed by atoms with Crippen LogP contribution in [0.5, 0.6) is 0 Å². The normalized spacial score (nSPS) is 15.4. The summed E-state index contributed by atoms with van der Waals surface area (Å²) in [7, 11) is 2.18. The van der Waals surface area contributed by atoms with Gasteiger partial charge in [0.2, 0.25) is 0 Å². The summed E-state index contributed by atoms with van der Waals surface area (Å²) in [5, 5.41) is 0. The molecule has 0 saturated heterocycles. The van der Waals surface area contributed by atoms with E-state index in [1.807, 2.05) is 0 Å². The van der Waals surface area contributed by atoms with Gasteiger partial charge in [-0.3, -0.25) is 0 Å². The van der Waals surface area contributed by atoms with Crippen LogP contribution in [0.15, 0.2) is 23.4 Å². The van der Waals surface area contributed by atoms with E-state index in [1.54, 1.807) is 0 Å². The van der Waals surface area contributed by atoms with Crippen molar-refractivity contribution in [2.75, 3.05) is 13.6 Å². The minimum Gasteiger partial charge on any atom is -0.380 e. The van der Waals surface area contributed by atoms with Crippen molar-refractivity contribution < 1.29 is 0 Å². The van der Waals surface area contributed by atoms with Crippen molar-refractivity contribution in [3.05, 3.63) is 23.4 Å². The maximum atomic E-state index is 2.32. The maximum Gasteiger partial charge on any atom is 0.0197 e. The predicted octanol–water partition coefficient (Wildman–Crippen LogP) is 5.11. The Morgan fingerprint density at radius 2 is 1.67 bits per heavy atom. The van der Waals surface area contributed by atoms with Crippen LogP contribution in [0.1, 0.15) is 54.9 Å². The van der Waals surface area contributed by atoms with E-state index < -0.39 is 0 Å². The minimum absolute atomic E-state index is 0.608. The van der Waals surface area contributed by atoms with Crippen molar-refractivity contribution in [1.29, 1.82) is 0 Å². The molecule has 0 spiro atoms. The van der Waals surface area contributed by atoms with Crippen LogP contribution >= 0.6 is 0 Å². The van der Waals surface area contributed by atoms with E-state index in [-0.39, 0.29) is 0 Å². The molecule has 0 aromatic carbocycles. The molecule has 18 heavy (non-hydrogen) atoms. The second-order valence-electron chi connectivity index (χ2n) is 6.22. The van der Waals surface area contributed by atoms with Gasteiger partial charge >= 0.3 is 0 Å². The van der Waals surface area contributed by atoms with Crippen LogP contribution in [0.25, 0.3) is 0 Å². The number of allylic oxidation sites excluding steroid dienone is 3. The second kappa shape index (κ2) is 8.39. The maximum absolute atomic E-state index is 2.32. The van der Waals surface area contributed by atoms with E-state index in [1.165, 1.54) is 11.1 Å². The third-order valence-corrected chi connectivity index (χ3v) is 3.87. The molecule has 1 heteroatoms. The van der Waals surface area contributed by atoms with E-state index >= 15 is 0 Å². The summed E-state index contributed by atoms with van der Waals surface area (Å²) < 4.78 is 0. The first kappa shape index (κ1) is 17.3. The molecule has 0 rings (SSSR count). The largest absolute Gasteiger partial charge is 0.380 e. The molecule has 106 valence electrons. The van der Waals surface area contributed by atoms with Gasteiger partial charge in [0.05, 0.1) is 0 Å². The Kier molecular flexibility index (Phi) is 8.06. The van der Waals surface area contributed by atoms with E-state index in [9.17, 15) is 0 Å². The van der Waals surface area contributed by atoms with Gasteiger partial charge in [-0.2, -0.15) is 0 Å². The molecule has 0 aliphatic carbocycles. The van der Waals surface area contributed by atoms with Gasteiger partial charge in [0, 0.05) is 13.6 Å². The van der Waals surface area contributed by atoms with Crippen LogP contribution in [0.3, 0.4) is 0 Å². The summed E-state index contributed by atoms with van der Waals surface area (Å²) in [5.74, 6) is 2.09. The first-order chi connectivity index (χ1) is 8.29. The van der Waals surface area contributed by atoms with Crippen LogP contribution < -0.4 is 0 Å². The molecular weight excluding hydrogens is 218 g/mol. The molecule has 0 bridgehead atoms. The summed E-state index contributed by atoms with van der Waals surface area (Å²) >= 11 is 0. The van der Waals surface area contributed by atoms with Crippen molar-refractivity contribution in [2.24, 2.45) is 17.8 Å². The molecule has 0 amide bonds. The van der Waals surface area contributed by atoms with E-state index in [0.29, 0.717) is 5.92 Å². The highest BCUT2D eigenvalue weighted by Gasteiger charge is 2.08. The SMILES string of the molecule is CC/C(C)=C(\C=C/N(C)CC(C)C(C)C)C(C)C. The van der Waals surface area contributed by atoms with Gasteiger partial charge < -0.3 is 4.90 Å². The quantitative estimate of drug-likeness (QED) is 0.569. The van der Waals surface area contributed by atoms with E-state index in [0.717, 1.165) is 24.8 Å². The van der Waals surface area contributed by atoms with Gasteiger partial charge in [-0.25, -0.2) is 0 Å². The lowest BCUT2D eigenvalue weighted by Gasteiger charge is -2.23. The Morgan fingerprint density at radius 1 is 1.11 bits per heavy atom. The Hall–Kier alpha value is -0.720. The molecule has 0 aliphatic rings. The minimum atomic E-state index is 0.608. The molecule has 1 atom stereocenters. The van der Waals surface area contributed by atoms with E-state index in [2.05, 4.69) is 72.7 Å². The monoisotopic (exact) mass is 251 g/mol. The number of hydrogen-bond donors (Lipinski definition) is 0. The van der Waals surface area contributed by atoms with Crippen LogP contribution in [-0.4, -0.2) is 18.5 Å². The van der Waals surface area contributed by atoms with Crippen molar-refractivity contribution in [1.82, 2.24) is 4.90 Å². The zero-order valence-electron chi connectivity index (χ0n) is 13.7. The predicted molar refractivity (Wildman–Crippen MR) is 83.6 cm³/mol. The lowest BCUT2D eigenvalue weighted by molar-refractivity contribution is 0.309. The molecular formula is C17H33N. The summed E-state index contributed by atoms with van der Waals surface area (Å²) in [4.78, 5) is 2.32. The smallest absolute Gasteiger partial charge is 0.0197 e. The summed E-state index contributed by atoms with van der Waals surface area (Å²) in [6.45, 7) is 17.1. The van der Waals surface area contributed by atoms with Gasteiger partial charge in [-0.15, -0.1) is 0 Å². The topological polar surface area (TPSA) is 3.24 Å². The third-order valence-electron chi connectivity index (χ3n) is 3.87. The fraction of sp³-hybridized carbons (Fsp3) is 0.765. The molecule has 0 aliphatic heterocycles. The fourth-order valence-electron chi connectivity index (χ4n) is 1.97. The molecule has 0 heterocycles.